The highest BCUT2D eigenvalue weighted by Crippen LogP contribution is 2.40. The van der Waals surface area contributed by atoms with Crippen molar-refractivity contribution in [1.82, 2.24) is 19.1 Å². The molecule has 1 unspecified atom stereocenters. The number of pyridine rings is 1. The Morgan fingerprint density at radius 2 is 2.00 bits per heavy atom. The van der Waals surface area contributed by atoms with E-state index in [0.29, 0.717) is 30.7 Å². The molecular formula is C29H30N6O4. The Bertz CT molecular complexity index is 1650. The van der Waals surface area contributed by atoms with Crippen molar-refractivity contribution in [1.29, 1.82) is 5.26 Å². The molecule has 1 aliphatic heterocycles. The van der Waals surface area contributed by atoms with Gasteiger partial charge in [-0.1, -0.05) is 6.42 Å². The van der Waals surface area contributed by atoms with Crippen molar-refractivity contribution in [3.8, 4) is 6.07 Å². The molecule has 10 heteroatoms. The van der Waals surface area contributed by atoms with E-state index < -0.39 is 18.0 Å². The van der Waals surface area contributed by atoms with Gasteiger partial charge in [-0.15, -0.1) is 0 Å². The van der Waals surface area contributed by atoms with Crippen LogP contribution in [0.5, 0.6) is 0 Å². The van der Waals surface area contributed by atoms with E-state index in [-0.39, 0.29) is 12.1 Å². The zero-order valence-electron chi connectivity index (χ0n) is 22.0. The number of aliphatic carboxylic acids is 1. The summed E-state index contributed by atoms with van der Waals surface area (Å²) in [6.07, 6.45) is 6.04. The molecule has 10 nitrogen and oxygen atoms in total. The first kappa shape index (κ1) is 24.9. The van der Waals surface area contributed by atoms with Crippen LogP contribution in [0.4, 0.5) is 10.5 Å². The lowest BCUT2D eigenvalue weighted by Crippen LogP contribution is -2.42. The van der Waals surface area contributed by atoms with Crippen molar-refractivity contribution in [2.75, 3.05) is 12.0 Å². The maximum absolute atomic E-state index is 12.7. The van der Waals surface area contributed by atoms with Crippen LogP contribution in [0, 0.1) is 17.2 Å². The molecule has 1 amide bonds. The van der Waals surface area contributed by atoms with Crippen LogP contribution in [0.1, 0.15) is 62.2 Å². The number of ether oxygens (including phenoxy) is 1. The lowest BCUT2D eigenvalue weighted by Gasteiger charge is -2.34. The van der Waals surface area contributed by atoms with Crippen LogP contribution in [-0.4, -0.2) is 49.4 Å². The molecule has 0 bridgehead atoms. The number of anilines is 1. The monoisotopic (exact) mass is 526 g/mol. The van der Waals surface area contributed by atoms with Crippen LogP contribution >= 0.6 is 0 Å². The van der Waals surface area contributed by atoms with E-state index in [4.69, 9.17) is 9.72 Å². The molecule has 3 atom stereocenters. The third kappa shape index (κ3) is 4.18. The first-order valence-electron chi connectivity index (χ1n) is 13.4. The van der Waals surface area contributed by atoms with Gasteiger partial charge in [-0.2, -0.15) is 5.26 Å². The van der Waals surface area contributed by atoms with Crippen molar-refractivity contribution in [2.24, 2.45) is 5.92 Å². The first-order chi connectivity index (χ1) is 18.9. The third-order valence-electron chi connectivity index (χ3n) is 8.30. The van der Waals surface area contributed by atoms with Gasteiger partial charge in [0.25, 0.3) is 0 Å². The summed E-state index contributed by atoms with van der Waals surface area (Å²) < 4.78 is 9.29. The number of methoxy groups -OCH3 is 1. The highest BCUT2D eigenvalue weighted by atomic mass is 16.5. The Kier molecular flexibility index (Phi) is 6.22. The molecule has 1 aromatic carbocycles. The molecular weight excluding hydrogens is 496 g/mol. The summed E-state index contributed by atoms with van der Waals surface area (Å²) in [5, 5.41) is 20.1. The van der Waals surface area contributed by atoms with Gasteiger partial charge in [-0.25, -0.2) is 14.8 Å². The number of hydrogen-bond donors (Lipinski definition) is 1. The number of rotatable bonds is 4. The number of amides is 1. The smallest absolute Gasteiger partial charge is 0.414 e. The molecule has 1 N–H and O–H groups in total. The van der Waals surface area contributed by atoms with Gasteiger partial charge in [0.15, 0.2) is 0 Å². The van der Waals surface area contributed by atoms with Crippen LogP contribution in [0.25, 0.3) is 22.1 Å². The number of imidazole rings is 1. The van der Waals surface area contributed by atoms with E-state index in [1.807, 2.05) is 42.0 Å². The summed E-state index contributed by atoms with van der Waals surface area (Å²) in [7, 11) is 1.39. The number of carbonyl (C=O) groups excluding carboxylic acids is 1. The van der Waals surface area contributed by atoms with Gasteiger partial charge in [-0.3, -0.25) is 9.69 Å². The van der Waals surface area contributed by atoms with Crippen molar-refractivity contribution in [3.05, 3.63) is 53.6 Å². The van der Waals surface area contributed by atoms with Gasteiger partial charge in [0, 0.05) is 29.2 Å². The molecule has 2 aliphatic rings. The minimum Gasteiger partial charge on any atom is -0.481 e. The minimum absolute atomic E-state index is 0.00488. The normalized spacial score (nSPS) is 21.1. The highest BCUT2D eigenvalue weighted by molar-refractivity contribution is 5.95. The molecule has 0 spiro atoms. The molecule has 0 radical (unpaired) electrons. The Morgan fingerprint density at radius 1 is 1.15 bits per heavy atom. The average molecular weight is 527 g/mol. The molecule has 200 valence electrons. The topological polar surface area (TPSA) is 126 Å². The van der Waals surface area contributed by atoms with E-state index in [2.05, 4.69) is 15.6 Å². The number of carbonyl (C=O) groups is 2. The number of benzene rings is 1. The molecule has 4 heterocycles. The second kappa shape index (κ2) is 9.73. The van der Waals surface area contributed by atoms with Crippen LogP contribution in [0.2, 0.25) is 0 Å². The van der Waals surface area contributed by atoms with Crippen molar-refractivity contribution < 1.29 is 19.4 Å². The highest BCUT2D eigenvalue weighted by Gasteiger charge is 2.34. The molecule has 1 saturated carbocycles. The van der Waals surface area contributed by atoms with Crippen LogP contribution in [0.15, 0.2) is 36.5 Å². The van der Waals surface area contributed by atoms with Gasteiger partial charge >= 0.3 is 12.1 Å². The number of carboxylic acid groups (broad SMARTS) is 1. The maximum atomic E-state index is 12.7. The third-order valence-corrected chi connectivity index (χ3v) is 8.30. The fourth-order valence-electron chi connectivity index (χ4n) is 6.37. The Morgan fingerprint density at radius 3 is 2.77 bits per heavy atom. The van der Waals surface area contributed by atoms with E-state index in [1.165, 1.54) is 7.11 Å². The molecule has 0 saturated heterocycles. The van der Waals surface area contributed by atoms with Crippen LogP contribution < -0.4 is 4.90 Å². The number of carboxylic acids is 1. The molecule has 1 aliphatic carbocycles. The average Bonchev–Trinajstić information content (AvgIpc) is 3.53. The number of nitrogens with zero attached hydrogens (tertiary/aromatic N) is 6. The first-order valence-corrected chi connectivity index (χ1v) is 13.4. The standard InChI is InChI=1S/C29H30N6O4/c1-17-6-9-22-23(34(17)29(38)39-2)10-11-24-26(22)32-25(35(24)21-5-3-4-19(14-21)28(36)37)16-33-13-12-18-7-8-20(15-30)31-27(18)33/h7-8,10-13,17,19,21H,3-6,9,14,16H2,1-2H3,(H,36,37)/t17?,19-,21-/m1/s1. The lowest BCUT2D eigenvalue weighted by molar-refractivity contribution is -0.143. The quantitative estimate of drug-likeness (QED) is 0.395. The lowest BCUT2D eigenvalue weighted by atomic mass is 9.85. The Hall–Kier alpha value is -4.39. The molecule has 4 aromatic rings. The van der Waals surface area contributed by atoms with Gasteiger partial charge < -0.3 is 19.0 Å². The summed E-state index contributed by atoms with van der Waals surface area (Å²) in [6.45, 7) is 2.43. The predicted octanol–water partition coefficient (Wildman–Crippen LogP) is 5.03. The van der Waals surface area contributed by atoms with E-state index in [1.54, 1.807) is 11.0 Å². The Labute approximate surface area is 225 Å². The number of aromatic nitrogens is 4. The molecule has 3 aromatic heterocycles. The van der Waals surface area contributed by atoms with Crippen LogP contribution in [-0.2, 0) is 22.5 Å². The molecule has 6 rings (SSSR count). The van der Waals surface area contributed by atoms with Gasteiger partial charge in [0.2, 0.25) is 0 Å². The number of nitriles is 1. The second-order valence-electron chi connectivity index (χ2n) is 10.6. The molecule has 1 fully saturated rings. The zero-order valence-corrected chi connectivity index (χ0v) is 22.0. The fraction of sp³-hybridized carbons (Fsp3) is 0.414. The van der Waals surface area contributed by atoms with Gasteiger partial charge in [0.05, 0.1) is 36.3 Å². The van der Waals surface area contributed by atoms with Crippen molar-refractivity contribution in [3.63, 3.8) is 0 Å². The summed E-state index contributed by atoms with van der Waals surface area (Å²) in [6, 6.07) is 11.6. The fourth-order valence-corrected chi connectivity index (χ4v) is 6.37. The van der Waals surface area contributed by atoms with Gasteiger partial charge in [-0.05, 0) is 69.4 Å². The van der Waals surface area contributed by atoms with Gasteiger partial charge in [0.1, 0.15) is 23.2 Å². The zero-order chi connectivity index (χ0) is 27.3. The number of aryl methyl sites for hydroxylation is 1. The van der Waals surface area contributed by atoms with E-state index in [9.17, 15) is 20.0 Å². The summed E-state index contributed by atoms with van der Waals surface area (Å²) in [4.78, 5) is 36.0. The SMILES string of the molecule is COC(=O)N1c2ccc3c(nc(Cn4ccc5ccc(C#N)nc54)n3[C@@H]3CCC[C@@H](C(=O)O)C3)c2CCC1C. The minimum atomic E-state index is -0.754. The molecule has 39 heavy (non-hydrogen) atoms. The Balaban J connectivity index is 1.52. The van der Waals surface area contributed by atoms with E-state index >= 15 is 0 Å². The van der Waals surface area contributed by atoms with E-state index in [0.717, 1.165) is 59.2 Å². The second-order valence-corrected chi connectivity index (χ2v) is 10.6. The van der Waals surface area contributed by atoms with Crippen LogP contribution in [0.3, 0.4) is 0 Å². The largest absolute Gasteiger partial charge is 0.481 e. The number of hydrogen-bond acceptors (Lipinski definition) is 6. The summed E-state index contributed by atoms with van der Waals surface area (Å²) in [5.41, 5.74) is 4.64. The summed E-state index contributed by atoms with van der Waals surface area (Å²) in [5.74, 6) is -0.343. The predicted molar refractivity (Wildman–Crippen MR) is 145 cm³/mol. The number of fused-ring (bicyclic) bond motifs is 4. The summed E-state index contributed by atoms with van der Waals surface area (Å²) >= 11 is 0. The van der Waals surface area contributed by atoms with Crippen molar-refractivity contribution in [2.45, 2.75) is 64.1 Å². The van der Waals surface area contributed by atoms with Crippen molar-refractivity contribution >= 4 is 39.8 Å². The maximum Gasteiger partial charge on any atom is 0.414 e.